The summed E-state index contributed by atoms with van der Waals surface area (Å²) in [7, 11) is -1.51. The van der Waals surface area contributed by atoms with Gasteiger partial charge in [-0.15, -0.1) is 0 Å². The summed E-state index contributed by atoms with van der Waals surface area (Å²) in [6, 6.07) is 15.0. The van der Waals surface area contributed by atoms with Crippen LogP contribution in [-0.2, 0) is 10.0 Å². The number of fused-ring (bicyclic) bond motifs is 2. The van der Waals surface area contributed by atoms with E-state index in [4.69, 9.17) is 0 Å². The van der Waals surface area contributed by atoms with Gasteiger partial charge in [-0.2, -0.15) is 4.31 Å². The molecule has 0 amide bonds. The number of benzene rings is 2. The van der Waals surface area contributed by atoms with Gasteiger partial charge in [-0.05, 0) is 37.4 Å². The minimum atomic E-state index is -3.51. The lowest BCUT2D eigenvalue weighted by Crippen LogP contribution is -2.46. The maximum Gasteiger partial charge on any atom is 0.243 e. The highest BCUT2D eigenvalue weighted by Gasteiger charge is 2.27. The molecule has 148 valence electrons. The van der Waals surface area contributed by atoms with E-state index in [2.05, 4.69) is 19.9 Å². The van der Waals surface area contributed by atoms with Gasteiger partial charge in [0, 0.05) is 43.3 Å². The summed E-state index contributed by atoms with van der Waals surface area (Å²) < 4.78 is 27.6. The molecule has 1 N–H and O–H groups in total. The average molecular weight is 407 g/mol. The van der Waals surface area contributed by atoms with Crippen molar-refractivity contribution in [2.75, 3.05) is 33.2 Å². The SMILES string of the molecule is CN1CCN(S(=O)(=O)c2ccc3nc(-c4ccc5cccnc5c4)[nH]c3c2)CC1. The number of aromatic nitrogens is 3. The zero-order valence-corrected chi connectivity index (χ0v) is 16.9. The van der Waals surface area contributed by atoms with Gasteiger partial charge in [0.25, 0.3) is 0 Å². The molecule has 0 saturated carbocycles. The number of nitrogens with zero attached hydrogens (tertiary/aromatic N) is 4. The van der Waals surface area contributed by atoms with E-state index in [1.54, 1.807) is 28.7 Å². The van der Waals surface area contributed by atoms with Gasteiger partial charge >= 0.3 is 0 Å². The molecule has 0 atom stereocenters. The van der Waals surface area contributed by atoms with E-state index in [9.17, 15) is 8.42 Å². The first kappa shape index (κ1) is 18.2. The summed E-state index contributed by atoms with van der Waals surface area (Å²) in [6.07, 6.45) is 1.76. The third-order valence-corrected chi connectivity index (χ3v) is 7.33. The van der Waals surface area contributed by atoms with E-state index in [0.717, 1.165) is 35.1 Å². The van der Waals surface area contributed by atoms with Crippen molar-refractivity contribution in [2.24, 2.45) is 0 Å². The molecule has 29 heavy (non-hydrogen) atoms. The van der Waals surface area contributed by atoms with Crippen LogP contribution in [0.1, 0.15) is 0 Å². The number of nitrogens with one attached hydrogen (secondary N) is 1. The number of hydrogen-bond acceptors (Lipinski definition) is 5. The summed E-state index contributed by atoms with van der Waals surface area (Å²) in [5.74, 6) is 0.696. The van der Waals surface area contributed by atoms with Crippen molar-refractivity contribution >= 4 is 32.0 Å². The number of sulfonamides is 1. The molecule has 0 unspecified atom stereocenters. The van der Waals surface area contributed by atoms with Crippen molar-refractivity contribution in [3.63, 3.8) is 0 Å². The first-order chi connectivity index (χ1) is 14.0. The molecule has 3 heterocycles. The first-order valence-electron chi connectivity index (χ1n) is 9.54. The second kappa shape index (κ2) is 6.91. The average Bonchev–Trinajstić information content (AvgIpc) is 3.17. The van der Waals surface area contributed by atoms with Crippen molar-refractivity contribution in [1.82, 2.24) is 24.2 Å². The molecule has 0 bridgehead atoms. The van der Waals surface area contributed by atoms with E-state index in [1.807, 2.05) is 37.4 Å². The van der Waals surface area contributed by atoms with Crippen LogP contribution in [0.2, 0.25) is 0 Å². The summed E-state index contributed by atoms with van der Waals surface area (Å²) in [5, 5.41) is 1.06. The smallest absolute Gasteiger partial charge is 0.243 e. The van der Waals surface area contributed by atoms with Crippen molar-refractivity contribution in [3.05, 3.63) is 54.7 Å². The number of hydrogen-bond donors (Lipinski definition) is 1. The van der Waals surface area contributed by atoms with Gasteiger partial charge in [-0.25, -0.2) is 13.4 Å². The Morgan fingerprint density at radius 2 is 1.79 bits per heavy atom. The Morgan fingerprint density at radius 1 is 0.966 bits per heavy atom. The van der Waals surface area contributed by atoms with Gasteiger partial charge < -0.3 is 9.88 Å². The fourth-order valence-corrected chi connectivity index (χ4v) is 5.13. The molecule has 1 aliphatic heterocycles. The Labute approximate surface area is 169 Å². The summed E-state index contributed by atoms with van der Waals surface area (Å²) >= 11 is 0. The highest BCUT2D eigenvalue weighted by atomic mass is 32.2. The van der Waals surface area contributed by atoms with E-state index < -0.39 is 10.0 Å². The maximum absolute atomic E-state index is 13.0. The first-order valence-corrected chi connectivity index (χ1v) is 11.0. The molecule has 0 aliphatic carbocycles. The predicted octanol–water partition coefficient (Wildman–Crippen LogP) is 2.71. The van der Waals surface area contributed by atoms with Crippen LogP contribution < -0.4 is 0 Å². The second-order valence-electron chi connectivity index (χ2n) is 7.38. The number of imidazole rings is 1. The quantitative estimate of drug-likeness (QED) is 0.565. The van der Waals surface area contributed by atoms with Crippen LogP contribution in [0.15, 0.2) is 59.6 Å². The Bertz CT molecular complexity index is 1310. The van der Waals surface area contributed by atoms with E-state index in [0.29, 0.717) is 29.3 Å². The minimum Gasteiger partial charge on any atom is -0.338 e. The number of piperazine rings is 1. The molecule has 2 aromatic carbocycles. The van der Waals surface area contributed by atoms with Crippen molar-refractivity contribution in [3.8, 4) is 11.4 Å². The molecule has 7 nitrogen and oxygen atoms in total. The van der Waals surface area contributed by atoms with Crippen molar-refractivity contribution in [1.29, 1.82) is 0 Å². The molecule has 1 aliphatic rings. The second-order valence-corrected chi connectivity index (χ2v) is 9.32. The van der Waals surface area contributed by atoms with Gasteiger partial charge in [0.1, 0.15) is 5.82 Å². The number of rotatable bonds is 3. The molecule has 4 aromatic rings. The van der Waals surface area contributed by atoms with Crippen LogP contribution >= 0.6 is 0 Å². The molecular formula is C21H21N5O2S. The van der Waals surface area contributed by atoms with Crippen molar-refractivity contribution < 1.29 is 8.42 Å². The van der Waals surface area contributed by atoms with E-state index >= 15 is 0 Å². The fraction of sp³-hybridized carbons (Fsp3) is 0.238. The number of H-pyrrole nitrogens is 1. The standard InChI is InChI=1S/C21H21N5O2S/c1-25-9-11-26(12-10-25)29(27,28)17-6-7-18-20(14-17)24-21(23-18)16-5-4-15-3-2-8-22-19(15)13-16/h2-8,13-14H,9-12H2,1H3,(H,23,24). The molecule has 5 rings (SSSR count). The number of likely N-dealkylation sites (N-methyl/N-ethyl adjacent to an activating group) is 1. The van der Waals surface area contributed by atoms with Gasteiger partial charge in [0.15, 0.2) is 0 Å². The van der Waals surface area contributed by atoms with Crippen molar-refractivity contribution in [2.45, 2.75) is 4.90 Å². The normalized spacial score (nSPS) is 16.6. The van der Waals surface area contributed by atoms with Gasteiger partial charge in [-0.1, -0.05) is 18.2 Å². The highest BCUT2D eigenvalue weighted by Crippen LogP contribution is 2.26. The lowest BCUT2D eigenvalue weighted by molar-refractivity contribution is 0.222. The van der Waals surface area contributed by atoms with Gasteiger partial charge in [0.2, 0.25) is 10.0 Å². The zero-order chi connectivity index (χ0) is 20.0. The predicted molar refractivity (Wildman–Crippen MR) is 113 cm³/mol. The fourth-order valence-electron chi connectivity index (χ4n) is 3.68. The minimum absolute atomic E-state index is 0.296. The van der Waals surface area contributed by atoms with Crippen LogP contribution in [-0.4, -0.2) is 65.8 Å². The zero-order valence-electron chi connectivity index (χ0n) is 16.0. The van der Waals surface area contributed by atoms with Crippen LogP contribution in [0.25, 0.3) is 33.3 Å². The van der Waals surface area contributed by atoms with Crippen LogP contribution in [0.5, 0.6) is 0 Å². The molecule has 1 saturated heterocycles. The molecule has 2 aromatic heterocycles. The van der Waals surface area contributed by atoms with Crippen LogP contribution in [0, 0.1) is 0 Å². The largest absolute Gasteiger partial charge is 0.338 e. The molecule has 8 heteroatoms. The van der Waals surface area contributed by atoms with Gasteiger partial charge in [-0.3, -0.25) is 4.98 Å². The van der Waals surface area contributed by atoms with Gasteiger partial charge in [0.05, 0.1) is 21.4 Å². The number of pyridine rings is 1. The molecule has 1 fully saturated rings. The lowest BCUT2D eigenvalue weighted by Gasteiger charge is -2.31. The molecule has 0 radical (unpaired) electrons. The topological polar surface area (TPSA) is 82.2 Å². The third-order valence-electron chi connectivity index (χ3n) is 5.43. The maximum atomic E-state index is 13.0. The molecule has 0 spiro atoms. The Hall–Kier alpha value is -2.81. The lowest BCUT2D eigenvalue weighted by atomic mass is 10.1. The summed E-state index contributed by atoms with van der Waals surface area (Å²) in [4.78, 5) is 14.7. The highest BCUT2D eigenvalue weighted by molar-refractivity contribution is 7.89. The number of aromatic amines is 1. The molecular weight excluding hydrogens is 386 g/mol. The monoisotopic (exact) mass is 407 g/mol. The Kier molecular flexibility index (Phi) is 4.34. The third kappa shape index (κ3) is 3.29. The van der Waals surface area contributed by atoms with Crippen LogP contribution in [0.4, 0.5) is 0 Å². The summed E-state index contributed by atoms with van der Waals surface area (Å²) in [5.41, 5.74) is 3.24. The van der Waals surface area contributed by atoms with E-state index in [-0.39, 0.29) is 0 Å². The van der Waals surface area contributed by atoms with Crippen LogP contribution in [0.3, 0.4) is 0 Å². The summed E-state index contributed by atoms with van der Waals surface area (Å²) in [6.45, 7) is 2.50. The Balaban J connectivity index is 1.51. The Morgan fingerprint density at radius 3 is 2.62 bits per heavy atom. The van der Waals surface area contributed by atoms with E-state index in [1.165, 1.54) is 0 Å².